The fourth-order valence-electron chi connectivity index (χ4n) is 2.64. The number of aromatic nitrogens is 3. The minimum Gasteiger partial charge on any atom is -0.393 e. The zero-order valence-corrected chi connectivity index (χ0v) is 10.7. The van der Waals surface area contributed by atoms with E-state index in [4.69, 9.17) is 0 Å². The second kappa shape index (κ2) is 4.24. The highest BCUT2D eigenvalue weighted by atomic mass is 16.3. The average Bonchev–Trinajstić information content (AvgIpc) is 2.71. The monoisotopic (exact) mass is 246 g/mol. The third-order valence-electron chi connectivity index (χ3n) is 3.80. The first-order chi connectivity index (χ1) is 8.66. The number of pyridine rings is 1. The van der Waals surface area contributed by atoms with Crippen LogP contribution in [0.4, 0.5) is 5.95 Å². The van der Waals surface area contributed by atoms with Crippen molar-refractivity contribution in [2.75, 3.05) is 18.0 Å². The minimum absolute atomic E-state index is 0.183. The van der Waals surface area contributed by atoms with E-state index in [-0.39, 0.29) is 12.0 Å². The number of anilines is 1. The van der Waals surface area contributed by atoms with Crippen molar-refractivity contribution in [3.05, 3.63) is 18.5 Å². The third kappa shape index (κ3) is 1.75. The number of rotatable bonds is 1. The van der Waals surface area contributed by atoms with Gasteiger partial charge in [0.05, 0.1) is 17.8 Å². The van der Waals surface area contributed by atoms with Crippen LogP contribution in [0.2, 0.25) is 0 Å². The van der Waals surface area contributed by atoms with Crippen molar-refractivity contribution in [2.24, 2.45) is 13.0 Å². The Morgan fingerprint density at radius 3 is 3.00 bits per heavy atom. The molecule has 0 aromatic carbocycles. The molecular weight excluding hydrogens is 228 g/mol. The highest BCUT2D eigenvalue weighted by Gasteiger charge is 2.26. The molecule has 0 radical (unpaired) electrons. The lowest BCUT2D eigenvalue weighted by Crippen LogP contribution is -2.43. The number of aryl methyl sites for hydroxylation is 1. The molecule has 18 heavy (non-hydrogen) atoms. The third-order valence-corrected chi connectivity index (χ3v) is 3.80. The van der Waals surface area contributed by atoms with Crippen LogP contribution in [0.3, 0.4) is 0 Å². The molecule has 0 amide bonds. The molecular formula is C13H18N4O. The van der Waals surface area contributed by atoms with Crippen molar-refractivity contribution in [3.63, 3.8) is 0 Å². The summed E-state index contributed by atoms with van der Waals surface area (Å²) in [6, 6.07) is 1.98. The Kier molecular flexibility index (Phi) is 2.70. The number of fused-ring (bicyclic) bond motifs is 1. The number of piperidine rings is 1. The predicted octanol–water partition coefficient (Wildman–Crippen LogP) is 1.18. The fraction of sp³-hybridized carbons (Fsp3) is 0.538. The largest absolute Gasteiger partial charge is 0.393 e. The number of aliphatic hydroxyl groups excluding tert-OH is 1. The van der Waals surface area contributed by atoms with Crippen molar-refractivity contribution >= 4 is 17.0 Å². The van der Waals surface area contributed by atoms with Gasteiger partial charge in [0, 0.05) is 26.3 Å². The lowest BCUT2D eigenvalue weighted by Gasteiger charge is -2.34. The highest BCUT2D eigenvalue weighted by Crippen LogP contribution is 2.25. The lowest BCUT2D eigenvalue weighted by atomic mass is 9.97. The van der Waals surface area contributed by atoms with Crippen molar-refractivity contribution in [2.45, 2.75) is 19.4 Å². The van der Waals surface area contributed by atoms with Crippen LogP contribution in [0.5, 0.6) is 0 Å². The van der Waals surface area contributed by atoms with Gasteiger partial charge in [0.2, 0.25) is 5.95 Å². The molecule has 3 heterocycles. The normalized spacial score (nSPS) is 24.7. The number of imidazole rings is 1. The Balaban J connectivity index is 1.97. The SMILES string of the molecule is CC1CN(c2nc3cnccc3n2C)CCC1O. The van der Waals surface area contributed by atoms with Crippen LogP contribution in [0.1, 0.15) is 13.3 Å². The molecule has 0 bridgehead atoms. The van der Waals surface area contributed by atoms with Gasteiger partial charge in [0.25, 0.3) is 0 Å². The van der Waals surface area contributed by atoms with Crippen LogP contribution in [0.15, 0.2) is 18.5 Å². The number of hydrogen-bond donors (Lipinski definition) is 1. The van der Waals surface area contributed by atoms with Gasteiger partial charge < -0.3 is 14.6 Å². The van der Waals surface area contributed by atoms with Crippen molar-refractivity contribution in [3.8, 4) is 0 Å². The molecule has 1 aliphatic heterocycles. The fourth-order valence-corrected chi connectivity index (χ4v) is 2.64. The van der Waals surface area contributed by atoms with E-state index in [1.165, 1.54) is 0 Å². The standard InChI is InChI=1S/C13H18N4O/c1-9-8-17(6-4-12(9)18)13-15-10-7-14-5-3-11(10)16(13)2/h3,5,7,9,12,18H,4,6,8H2,1-2H3. The highest BCUT2D eigenvalue weighted by molar-refractivity contribution is 5.77. The van der Waals surface area contributed by atoms with Gasteiger partial charge in [-0.25, -0.2) is 4.98 Å². The Labute approximate surface area is 106 Å². The molecule has 1 saturated heterocycles. The van der Waals surface area contributed by atoms with E-state index < -0.39 is 0 Å². The molecule has 2 atom stereocenters. The van der Waals surface area contributed by atoms with Gasteiger partial charge in [-0.2, -0.15) is 0 Å². The zero-order valence-electron chi connectivity index (χ0n) is 10.7. The van der Waals surface area contributed by atoms with E-state index in [0.29, 0.717) is 0 Å². The van der Waals surface area contributed by atoms with E-state index in [0.717, 1.165) is 36.5 Å². The maximum Gasteiger partial charge on any atom is 0.206 e. The first-order valence-electron chi connectivity index (χ1n) is 6.36. The summed E-state index contributed by atoms with van der Waals surface area (Å²) < 4.78 is 2.10. The molecule has 1 N–H and O–H groups in total. The van der Waals surface area contributed by atoms with Crippen LogP contribution in [0.25, 0.3) is 11.0 Å². The Morgan fingerprint density at radius 1 is 1.44 bits per heavy atom. The van der Waals surface area contributed by atoms with Crippen LogP contribution in [0, 0.1) is 5.92 Å². The maximum absolute atomic E-state index is 9.79. The molecule has 2 aromatic heterocycles. The molecule has 0 aliphatic carbocycles. The predicted molar refractivity (Wildman–Crippen MR) is 70.5 cm³/mol. The Hall–Kier alpha value is -1.62. The molecule has 2 aromatic rings. The summed E-state index contributed by atoms with van der Waals surface area (Å²) in [7, 11) is 2.03. The summed E-state index contributed by atoms with van der Waals surface area (Å²) in [6.45, 7) is 3.79. The molecule has 5 nitrogen and oxygen atoms in total. The van der Waals surface area contributed by atoms with E-state index >= 15 is 0 Å². The molecule has 3 rings (SSSR count). The average molecular weight is 246 g/mol. The summed E-state index contributed by atoms with van der Waals surface area (Å²) in [4.78, 5) is 11.0. The summed E-state index contributed by atoms with van der Waals surface area (Å²) >= 11 is 0. The van der Waals surface area contributed by atoms with E-state index in [9.17, 15) is 5.11 Å². The van der Waals surface area contributed by atoms with Crippen LogP contribution in [-0.4, -0.2) is 38.8 Å². The van der Waals surface area contributed by atoms with Gasteiger partial charge in [-0.1, -0.05) is 6.92 Å². The molecule has 1 fully saturated rings. The van der Waals surface area contributed by atoms with Crippen LogP contribution < -0.4 is 4.90 Å². The first kappa shape index (κ1) is 11.5. The number of hydrogen-bond acceptors (Lipinski definition) is 4. The summed E-state index contributed by atoms with van der Waals surface area (Å²) in [6.07, 6.45) is 4.21. The number of aliphatic hydroxyl groups is 1. The molecule has 1 aliphatic rings. The number of nitrogens with zero attached hydrogens (tertiary/aromatic N) is 4. The molecule has 0 saturated carbocycles. The second-order valence-corrected chi connectivity index (χ2v) is 5.11. The summed E-state index contributed by atoms with van der Waals surface area (Å²) in [5, 5.41) is 9.79. The van der Waals surface area contributed by atoms with Crippen molar-refractivity contribution < 1.29 is 5.11 Å². The van der Waals surface area contributed by atoms with E-state index in [2.05, 4.69) is 26.4 Å². The molecule has 96 valence electrons. The van der Waals surface area contributed by atoms with E-state index in [1.54, 1.807) is 12.4 Å². The zero-order chi connectivity index (χ0) is 12.7. The Bertz CT molecular complexity index is 565. The lowest BCUT2D eigenvalue weighted by molar-refractivity contribution is 0.0965. The van der Waals surface area contributed by atoms with E-state index in [1.807, 2.05) is 13.1 Å². The quantitative estimate of drug-likeness (QED) is 0.821. The molecule has 5 heteroatoms. The summed E-state index contributed by atoms with van der Waals surface area (Å²) in [5.41, 5.74) is 2.02. The molecule has 0 spiro atoms. The van der Waals surface area contributed by atoms with Gasteiger partial charge in [-0.15, -0.1) is 0 Å². The molecule has 2 unspecified atom stereocenters. The smallest absolute Gasteiger partial charge is 0.206 e. The Morgan fingerprint density at radius 2 is 2.28 bits per heavy atom. The van der Waals surface area contributed by atoms with Crippen molar-refractivity contribution in [1.29, 1.82) is 0 Å². The topological polar surface area (TPSA) is 54.2 Å². The van der Waals surface area contributed by atoms with Gasteiger partial charge >= 0.3 is 0 Å². The van der Waals surface area contributed by atoms with Crippen LogP contribution >= 0.6 is 0 Å². The summed E-state index contributed by atoms with van der Waals surface area (Å²) in [5.74, 6) is 1.26. The van der Waals surface area contributed by atoms with Gasteiger partial charge in [0.15, 0.2) is 0 Å². The van der Waals surface area contributed by atoms with Gasteiger partial charge in [-0.05, 0) is 18.4 Å². The van der Waals surface area contributed by atoms with Crippen molar-refractivity contribution in [1.82, 2.24) is 14.5 Å². The minimum atomic E-state index is -0.183. The first-order valence-corrected chi connectivity index (χ1v) is 6.36. The second-order valence-electron chi connectivity index (χ2n) is 5.11. The maximum atomic E-state index is 9.79. The van der Waals surface area contributed by atoms with Crippen LogP contribution in [-0.2, 0) is 7.05 Å². The van der Waals surface area contributed by atoms with Gasteiger partial charge in [0.1, 0.15) is 5.52 Å². The van der Waals surface area contributed by atoms with Gasteiger partial charge in [-0.3, -0.25) is 4.98 Å².